The molecule has 2 N–H and O–H groups in total. The maximum atomic E-state index is 12.7. The van der Waals surface area contributed by atoms with Crippen molar-refractivity contribution in [2.75, 3.05) is 30.9 Å². The Kier molecular flexibility index (Phi) is 7.16. The first kappa shape index (κ1) is 23.6. The van der Waals surface area contributed by atoms with Crippen molar-refractivity contribution in [2.24, 2.45) is 5.92 Å². The lowest BCUT2D eigenvalue weighted by Gasteiger charge is -2.30. The molecular weight excluding hydrogens is 434 g/mol. The van der Waals surface area contributed by atoms with Gasteiger partial charge in [0.1, 0.15) is 5.82 Å². The number of nitrogens with zero attached hydrogens (tertiary/aromatic N) is 3. The first-order valence-corrected chi connectivity index (χ1v) is 13.1. The highest BCUT2D eigenvalue weighted by molar-refractivity contribution is 5.90. The Balaban J connectivity index is 1.11. The van der Waals surface area contributed by atoms with Gasteiger partial charge in [-0.15, -0.1) is 0 Å². The summed E-state index contributed by atoms with van der Waals surface area (Å²) in [5, 5.41) is 9.17. The van der Waals surface area contributed by atoms with Gasteiger partial charge in [0.2, 0.25) is 11.9 Å². The highest BCUT2D eigenvalue weighted by Crippen LogP contribution is 2.30. The molecule has 1 saturated carbocycles. The van der Waals surface area contributed by atoms with Gasteiger partial charge in [-0.25, -0.2) is 4.98 Å². The summed E-state index contributed by atoms with van der Waals surface area (Å²) in [5.74, 6) is 2.49. The molecular formula is C29H37N5O. The smallest absolute Gasteiger partial charge is 0.225 e. The van der Waals surface area contributed by atoms with Gasteiger partial charge in [0.15, 0.2) is 0 Å². The maximum absolute atomic E-state index is 12.7. The number of anilines is 2. The lowest BCUT2D eigenvalue weighted by atomic mass is 9.86. The fourth-order valence-electron chi connectivity index (χ4n) is 5.64. The van der Waals surface area contributed by atoms with Crippen LogP contribution in [0.5, 0.6) is 0 Å². The van der Waals surface area contributed by atoms with Crippen molar-refractivity contribution < 1.29 is 4.79 Å². The van der Waals surface area contributed by atoms with E-state index in [9.17, 15) is 4.79 Å². The Bertz CT molecular complexity index is 1180. The molecule has 5 rings (SSSR count). The van der Waals surface area contributed by atoms with Crippen molar-refractivity contribution in [3.63, 3.8) is 0 Å². The second-order valence-corrected chi connectivity index (χ2v) is 10.4. The fourth-order valence-corrected chi connectivity index (χ4v) is 5.64. The summed E-state index contributed by atoms with van der Waals surface area (Å²) >= 11 is 0. The Morgan fingerprint density at radius 2 is 1.74 bits per heavy atom. The summed E-state index contributed by atoms with van der Waals surface area (Å²) in [5.41, 5.74) is 3.64. The van der Waals surface area contributed by atoms with Crippen molar-refractivity contribution in [3.05, 3.63) is 59.3 Å². The molecule has 0 atom stereocenters. The Hall–Kier alpha value is -3.15. The quantitative estimate of drug-likeness (QED) is 0.513. The highest BCUT2D eigenvalue weighted by Gasteiger charge is 2.24. The van der Waals surface area contributed by atoms with Gasteiger partial charge in [-0.2, -0.15) is 4.98 Å². The third-order valence-corrected chi connectivity index (χ3v) is 7.58. The van der Waals surface area contributed by atoms with Crippen molar-refractivity contribution in [1.29, 1.82) is 0 Å². The fraction of sp³-hybridized carbons (Fsp3) is 0.483. The molecule has 0 spiro atoms. The number of carbonyl (C=O) groups excluding carboxylic acids is 1. The summed E-state index contributed by atoms with van der Waals surface area (Å²) in [6.45, 7) is 0.760. The van der Waals surface area contributed by atoms with E-state index in [0.717, 1.165) is 62.4 Å². The Morgan fingerprint density at radius 3 is 2.57 bits per heavy atom. The van der Waals surface area contributed by atoms with Crippen molar-refractivity contribution in [3.8, 4) is 0 Å². The molecule has 2 aromatic carbocycles. The monoisotopic (exact) mass is 471 g/mol. The van der Waals surface area contributed by atoms with Gasteiger partial charge in [0.25, 0.3) is 0 Å². The molecule has 1 amide bonds. The van der Waals surface area contributed by atoms with Crippen LogP contribution in [-0.2, 0) is 24.1 Å². The zero-order chi connectivity index (χ0) is 24.2. The largest absolute Gasteiger partial charge is 0.362 e. The number of benzene rings is 2. The Morgan fingerprint density at radius 1 is 0.971 bits per heavy atom. The van der Waals surface area contributed by atoms with Gasteiger partial charge >= 0.3 is 0 Å². The first-order chi connectivity index (χ1) is 17.1. The van der Waals surface area contributed by atoms with E-state index in [1.807, 2.05) is 18.2 Å². The van der Waals surface area contributed by atoms with Gasteiger partial charge in [0.05, 0.1) is 12.1 Å². The average Bonchev–Trinajstić information content (AvgIpc) is 2.88. The molecule has 0 saturated heterocycles. The number of nitrogens with one attached hydrogen (secondary N) is 2. The highest BCUT2D eigenvalue weighted by atomic mass is 16.1. The minimum atomic E-state index is 0.111. The molecule has 1 aromatic heterocycles. The number of hydrogen-bond donors (Lipinski definition) is 2. The van der Waals surface area contributed by atoms with Crippen LogP contribution >= 0.6 is 0 Å². The van der Waals surface area contributed by atoms with Crippen molar-refractivity contribution >= 4 is 28.4 Å². The molecule has 6 heteroatoms. The minimum Gasteiger partial charge on any atom is -0.362 e. The van der Waals surface area contributed by atoms with Crippen molar-refractivity contribution in [1.82, 2.24) is 15.3 Å². The summed E-state index contributed by atoms with van der Waals surface area (Å²) < 4.78 is 0. The van der Waals surface area contributed by atoms with Gasteiger partial charge in [0, 0.05) is 32.2 Å². The number of aromatic nitrogens is 2. The molecule has 1 heterocycles. The van der Waals surface area contributed by atoms with E-state index in [-0.39, 0.29) is 5.91 Å². The molecule has 35 heavy (non-hydrogen) atoms. The average molecular weight is 472 g/mol. The summed E-state index contributed by atoms with van der Waals surface area (Å²) in [6.07, 6.45) is 9.40. The summed E-state index contributed by atoms with van der Waals surface area (Å²) in [4.78, 5) is 24.5. The standard InChI is InChI=1S/C29H37N5O/c1-34(2)28-25-12-5-6-13-26(25)32-29(33-28)31-23-16-14-20(15-17-23)19-30-27(35)18-22-10-7-9-21-8-3-4-11-24(21)22/h3-4,7-11,20,23H,5-6,12-19H2,1-2H3,(H,30,35)(H,31,32,33). The number of fused-ring (bicyclic) bond motifs is 2. The predicted molar refractivity (Wildman–Crippen MR) is 143 cm³/mol. The number of rotatable bonds is 7. The van der Waals surface area contributed by atoms with E-state index in [4.69, 9.17) is 9.97 Å². The molecule has 0 radical (unpaired) electrons. The van der Waals surface area contributed by atoms with Crippen molar-refractivity contribution in [2.45, 2.75) is 63.8 Å². The second-order valence-electron chi connectivity index (χ2n) is 10.4. The normalized spacial score (nSPS) is 19.7. The van der Waals surface area contributed by atoms with Crippen LogP contribution in [0, 0.1) is 5.92 Å². The Labute approximate surface area is 208 Å². The van der Waals surface area contributed by atoms with Crippen LogP contribution in [-0.4, -0.2) is 42.6 Å². The van der Waals surface area contributed by atoms with Crippen LogP contribution in [0.15, 0.2) is 42.5 Å². The second kappa shape index (κ2) is 10.6. The lowest BCUT2D eigenvalue weighted by Crippen LogP contribution is -2.35. The summed E-state index contributed by atoms with van der Waals surface area (Å²) in [7, 11) is 4.14. The van der Waals surface area contributed by atoms with Crippen LogP contribution in [0.2, 0.25) is 0 Å². The molecule has 6 nitrogen and oxygen atoms in total. The minimum absolute atomic E-state index is 0.111. The van der Waals surface area contributed by atoms with E-state index in [2.05, 4.69) is 53.9 Å². The number of hydrogen-bond acceptors (Lipinski definition) is 5. The molecule has 0 bridgehead atoms. The van der Waals surface area contributed by atoms with Crippen LogP contribution in [0.1, 0.15) is 55.3 Å². The van der Waals surface area contributed by atoms with Crippen LogP contribution in [0.3, 0.4) is 0 Å². The third-order valence-electron chi connectivity index (χ3n) is 7.58. The number of amides is 1. The van der Waals surface area contributed by atoms with Gasteiger partial charge in [-0.1, -0.05) is 42.5 Å². The molecule has 2 aliphatic carbocycles. The zero-order valence-corrected chi connectivity index (χ0v) is 21.0. The predicted octanol–water partition coefficient (Wildman–Crippen LogP) is 4.90. The molecule has 184 valence electrons. The zero-order valence-electron chi connectivity index (χ0n) is 21.0. The number of carbonyl (C=O) groups is 1. The molecule has 0 unspecified atom stereocenters. The first-order valence-electron chi connectivity index (χ1n) is 13.1. The van der Waals surface area contributed by atoms with Gasteiger partial charge in [-0.05, 0) is 73.6 Å². The third kappa shape index (κ3) is 5.58. The SMILES string of the molecule is CN(C)c1nc(NC2CCC(CNC(=O)Cc3cccc4ccccc34)CC2)nc2c1CCCC2. The van der Waals surface area contributed by atoms with E-state index >= 15 is 0 Å². The topological polar surface area (TPSA) is 70.2 Å². The van der Waals surface area contributed by atoms with E-state index in [0.29, 0.717) is 18.4 Å². The molecule has 3 aromatic rings. The van der Waals surface area contributed by atoms with Gasteiger partial charge < -0.3 is 15.5 Å². The molecule has 2 aliphatic rings. The lowest BCUT2D eigenvalue weighted by molar-refractivity contribution is -0.120. The maximum Gasteiger partial charge on any atom is 0.225 e. The van der Waals surface area contributed by atoms with Gasteiger partial charge in [-0.3, -0.25) is 4.79 Å². The molecule has 0 aliphatic heterocycles. The van der Waals surface area contributed by atoms with Crippen LogP contribution < -0.4 is 15.5 Å². The van der Waals surface area contributed by atoms with E-state index < -0.39 is 0 Å². The van der Waals surface area contributed by atoms with Crippen LogP contribution in [0.4, 0.5) is 11.8 Å². The van der Waals surface area contributed by atoms with Crippen LogP contribution in [0.25, 0.3) is 10.8 Å². The summed E-state index contributed by atoms with van der Waals surface area (Å²) in [6, 6.07) is 14.9. The number of aryl methyl sites for hydroxylation is 1. The van der Waals surface area contributed by atoms with E-state index in [1.165, 1.54) is 34.9 Å². The molecule has 1 fully saturated rings. The van der Waals surface area contributed by atoms with E-state index in [1.54, 1.807) is 0 Å².